The van der Waals surface area contributed by atoms with E-state index < -0.39 is 5.66 Å². The van der Waals surface area contributed by atoms with Gasteiger partial charge in [0.15, 0.2) is 0 Å². The first-order valence-corrected chi connectivity index (χ1v) is 7.11. The number of hydrogen-bond donors (Lipinski definition) is 4. The highest BCUT2D eigenvalue weighted by atomic mass is 16.5. The second-order valence-electron chi connectivity index (χ2n) is 4.66. The summed E-state index contributed by atoms with van der Waals surface area (Å²) >= 11 is 0. The predicted octanol–water partition coefficient (Wildman–Crippen LogP) is 0.793. The molecule has 0 spiro atoms. The van der Waals surface area contributed by atoms with Crippen molar-refractivity contribution < 1.29 is 14.9 Å². The van der Waals surface area contributed by atoms with Gasteiger partial charge < -0.3 is 26.4 Å². The maximum absolute atomic E-state index is 8.09. The Hall–Kier alpha value is -1.76. The summed E-state index contributed by atoms with van der Waals surface area (Å²) < 4.78 is 4.63. The molecule has 22 heavy (non-hydrogen) atoms. The predicted molar refractivity (Wildman–Crippen MR) is 87.0 cm³/mol. The van der Waals surface area contributed by atoms with E-state index in [9.17, 15) is 0 Å². The normalized spacial score (nSPS) is 10.7. The molecule has 0 aliphatic carbocycles. The average molecular weight is 304 g/mol. The van der Waals surface area contributed by atoms with E-state index in [1.54, 1.807) is 0 Å². The van der Waals surface area contributed by atoms with Crippen molar-refractivity contribution in [2.75, 3.05) is 26.4 Å². The van der Waals surface area contributed by atoms with Crippen molar-refractivity contribution in [3.63, 3.8) is 0 Å². The fourth-order valence-corrected chi connectivity index (χ4v) is 1.83. The molecule has 0 saturated carbocycles. The molecule has 2 aromatic rings. The summed E-state index contributed by atoms with van der Waals surface area (Å²) in [6.45, 7) is 0.696. The number of aliphatic hydroxyl groups is 2. The molecule has 0 bridgehead atoms. The molecule has 6 N–H and O–H groups in total. The zero-order valence-electron chi connectivity index (χ0n) is 12.6. The fraction of sp³-hybridized carbons (Fsp3) is 0.294. The van der Waals surface area contributed by atoms with E-state index in [-0.39, 0.29) is 13.2 Å². The van der Waals surface area contributed by atoms with Crippen molar-refractivity contribution in [2.24, 2.45) is 11.5 Å². The minimum absolute atomic E-state index is 0.0278. The van der Waals surface area contributed by atoms with Crippen LogP contribution in [0, 0.1) is 0 Å². The second kappa shape index (κ2) is 10.0. The van der Waals surface area contributed by atoms with Crippen LogP contribution in [0.1, 0.15) is 11.1 Å². The lowest BCUT2D eigenvalue weighted by Crippen LogP contribution is -2.46. The van der Waals surface area contributed by atoms with Crippen molar-refractivity contribution >= 4 is 0 Å². The van der Waals surface area contributed by atoms with Crippen LogP contribution < -0.4 is 11.5 Å². The summed E-state index contributed by atoms with van der Waals surface area (Å²) in [5.41, 5.74) is 13.2. The van der Waals surface area contributed by atoms with Gasteiger partial charge in [0.05, 0.1) is 26.4 Å². The fourth-order valence-electron chi connectivity index (χ4n) is 1.83. The Morgan fingerprint density at radius 3 is 1.41 bits per heavy atom. The van der Waals surface area contributed by atoms with Crippen LogP contribution in [-0.4, -0.2) is 36.6 Å². The zero-order chi connectivity index (χ0) is 16.3. The molecule has 0 amide bonds. The van der Waals surface area contributed by atoms with Crippen LogP contribution in [-0.2, 0) is 10.4 Å². The molecule has 0 fully saturated rings. The monoisotopic (exact) mass is 304 g/mol. The van der Waals surface area contributed by atoms with Gasteiger partial charge in [0.2, 0.25) is 0 Å². The van der Waals surface area contributed by atoms with Crippen LogP contribution in [0.4, 0.5) is 0 Å². The molecular weight excluding hydrogens is 280 g/mol. The van der Waals surface area contributed by atoms with Gasteiger partial charge in [-0.25, -0.2) is 0 Å². The van der Waals surface area contributed by atoms with E-state index in [0.717, 1.165) is 11.1 Å². The number of aliphatic hydroxyl groups excluding tert-OH is 2. The van der Waals surface area contributed by atoms with Gasteiger partial charge in [0.1, 0.15) is 5.66 Å². The number of nitrogens with two attached hydrogens (primary N) is 2. The Balaban J connectivity index is 0.000000295. The molecule has 0 atom stereocenters. The van der Waals surface area contributed by atoms with Gasteiger partial charge in [0, 0.05) is 0 Å². The SMILES string of the molecule is NC(N)(c1ccccc1)c1ccccc1.OCCOCCO. The molecular formula is C17H24N2O3. The lowest BCUT2D eigenvalue weighted by atomic mass is 9.93. The first-order chi connectivity index (χ1) is 10.6. The van der Waals surface area contributed by atoms with Gasteiger partial charge in [-0.2, -0.15) is 0 Å². The maximum Gasteiger partial charge on any atom is 0.116 e. The van der Waals surface area contributed by atoms with Crippen LogP contribution >= 0.6 is 0 Å². The van der Waals surface area contributed by atoms with Crippen molar-refractivity contribution in [1.29, 1.82) is 0 Å². The molecule has 2 aromatic carbocycles. The summed E-state index contributed by atoms with van der Waals surface area (Å²) in [6, 6.07) is 19.4. The van der Waals surface area contributed by atoms with Crippen molar-refractivity contribution in [3.8, 4) is 0 Å². The summed E-state index contributed by atoms with van der Waals surface area (Å²) in [5.74, 6) is 0. The highest BCUT2D eigenvalue weighted by Gasteiger charge is 2.23. The lowest BCUT2D eigenvalue weighted by Gasteiger charge is -2.25. The Labute approximate surface area is 131 Å². The van der Waals surface area contributed by atoms with Crippen LogP contribution in [0.5, 0.6) is 0 Å². The largest absolute Gasteiger partial charge is 0.394 e. The van der Waals surface area contributed by atoms with Crippen molar-refractivity contribution in [2.45, 2.75) is 5.66 Å². The third kappa shape index (κ3) is 5.93. The van der Waals surface area contributed by atoms with Gasteiger partial charge in [-0.15, -0.1) is 0 Å². The lowest BCUT2D eigenvalue weighted by molar-refractivity contribution is 0.0650. The van der Waals surface area contributed by atoms with E-state index in [0.29, 0.717) is 13.2 Å². The topological polar surface area (TPSA) is 102 Å². The molecule has 0 radical (unpaired) electrons. The van der Waals surface area contributed by atoms with Gasteiger partial charge >= 0.3 is 0 Å². The van der Waals surface area contributed by atoms with Crippen LogP contribution in [0.25, 0.3) is 0 Å². The summed E-state index contributed by atoms with van der Waals surface area (Å²) in [7, 11) is 0. The first-order valence-electron chi connectivity index (χ1n) is 7.11. The van der Waals surface area contributed by atoms with E-state index in [4.69, 9.17) is 21.7 Å². The average Bonchev–Trinajstić information content (AvgIpc) is 2.58. The molecule has 5 nitrogen and oxygen atoms in total. The smallest absolute Gasteiger partial charge is 0.116 e. The van der Waals surface area contributed by atoms with Crippen LogP contribution in [0.15, 0.2) is 60.7 Å². The van der Waals surface area contributed by atoms with Gasteiger partial charge in [-0.1, -0.05) is 60.7 Å². The number of benzene rings is 2. The third-order valence-electron chi connectivity index (χ3n) is 2.97. The number of ether oxygens (including phenoxy) is 1. The second-order valence-corrected chi connectivity index (χ2v) is 4.66. The Morgan fingerprint density at radius 2 is 1.09 bits per heavy atom. The Kier molecular flexibility index (Phi) is 8.35. The first kappa shape index (κ1) is 18.3. The van der Waals surface area contributed by atoms with E-state index >= 15 is 0 Å². The Bertz CT molecular complexity index is 458. The minimum atomic E-state index is -0.914. The number of hydrogen-bond acceptors (Lipinski definition) is 5. The van der Waals surface area contributed by atoms with E-state index in [1.807, 2.05) is 60.7 Å². The maximum atomic E-state index is 8.09. The van der Waals surface area contributed by atoms with Crippen molar-refractivity contribution in [3.05, 3.63) is 71.8 Å². The molecule has 0 heterocycles. The molecule has 0 saturated heterocycles. The van der Waals surface area contributed by atoms with E-state index in [2.05, 4.69) is 4.74 Å². The third-order valence-corrected chi connectivity index (χ3v) is 2.97. The molecule has 0 aliphatic rings. The zero-order valence-corrected chi connectivity index (χ0v) is 12.6. The van der Waals surface area contributed by atoms with Crippen molar-refractivity contribution in [1.82, 2.24) is 0 Å². The van der Waals surface area contributed by atoms with E-state index in [1.165, 1.54) is 0 Å². The summed E-state index contributed by atoms with van der Waals surface area (Å²) in [6.07, 6.45) is 0. The minimum Gasteiger partial charge on any atom is -0.394 e. The molecule has 0 aliphatic heterocycles. The standard InChI is InChI=1S/C13H14N2.C4H10O3/c14-13(15,11-7-3-1-4-8-11)12-9-5-2-6-10-12;5-1-3-7-4-2-6/h1-10H,14-15H2;5-6H,1-4H2. The molecule has 5 heteroatoms. The quantitative estimate of drug-likeness (QED) is 0.467. The van der Waals surface area contributed by atoms with Gasteiger partial charge in [-0.3, -0.25) is 0 Å². The van der Waals surface area contributed by atoms with Gasteiger partial charge in [-0.05, 0) is 11.1 Å². The van der Waals surface area contributed by atoms with Crippen LogP contribution in [0.3, 0.4) is 0 Å². The molecule has 0 unspecified atom stereocenters. The highest BCUT2D eigenvalue weighted by Crippen LogP contribution is 2.20. The van der Waals surface area contributed by atoms with Gasteiger partial charge in [0.25, 0.3) is 0 Å². The molecule has 0 aromatic heterocycles. The molecule has 120 valence electrons. The Morgan fingerprint density at radius 1 is 0.727 bits per heavy atom. The number of rotatable bonds is 6. The molecule has 2 rings (SSSR count). The highest BCUT2D eigenvalue weighted by molar-refractivity contribution is 5.35. The summed E-state index contributed by atoms with van der Waals surface area (Å²) in [4.78, 5) is 0. The van der Waals surface area contributed by atoms with Crippen LogP contribution in [0.2, 0.25) is 0 Å². The summed E-state index contributed by atoms with van der Waals surface area (Å²) in [5, 5.41) is 16.2.